The van der Waals surface area contributed by atoms with Crippen molar-refractivity contribution in [1.29, 1.82) is 0 Å². The third kappa shape index (κ3) is 2.08. The maximum absolute atomic E-state index is 11.6. The van der Waals surface area contributed by atoms with Crippen molar-refractivity contribution in [1.82, 2.24) is 14.7 Å². The second-order valence-electron chi connectivity index (χ2n) is 4.62. The summed E-state index contributed by atoms with van der Waals surface area (Å²) >= 11 is 0. The molecule has 1 aliphatic heterocycles. The van der Waals surface area contributed by atoms with Gasteiger partial charge in [0.2, 0.25) is 5.88 Å². The van der Waals surface area contributed by atoms with E-state index in [1.807, 2.05) is 11.8 Å². The number of aromatic nitrogens is 2. The van der Waals surface area contributed by atoms with Crippen molar-refractivity contribution in [2.75, 3.05) is 20.2 Å². The molecule has 1 aromatic heterocycles. The molecule has 1 aromatic rings. The smallest absolute Gasteiger partial charge is 0.325 e. The molecule has 0 saturated carbocycles. The minimum atomic E-state index is -0.841. The number of aliphatic carboxylic acids is 1. The van der Waals surface area contributed by atoms with E-state index in [0.717, 1.165) is 25.9 Å². The molecule has 1 aliphatic rings. The monoisotopic (exact) mass is 253 g/mol. The van der Waals surface area contributed by atoms with Crippen LogP contribution in [0.3, 0.4) is 0 Å². The molecule has 1 atom stereocenters. The lowest BCUT2D eigenvalue weighted by molar-refractivity contribution is -0.143. The summed E-state index contributed by atoms with van der Waals surface area (Å²) in [5, 5.41) is 13.8. The van der Waals surface area contributed by atoms with Gasteiger partial charge in [-0.25, -0.2) is 4.68 Å². The number of methoxy groups -OCH3 is 1. The molecular formula is C12H19N3O3. The van der Waals surface area contributed by atoms with Crippen LogP contribution < -0.4 is 4.74 Å². The molecule has 0 radical (unpaired) electrons. The maximum atomic E-state index is 11.6. The number of carboxylic acids is 1. The Hall–Kier alpha value is -1.56. The van der Waals surface area contributed by atoms with Gasteiger partial charge in [-0.1, -0.05) is 0 Å². The van der Waals surface area contributed by atoms with Crippen LogP contribution in [0.2, 0.25) is 0 Å². The molecule has 0 bridgehead atoms. The van der Waals surface area contributed by atoms with Gasteiger partial charge in [-0.2, -0.15) is 5.10 Å². The molecule has 0 amide bonds. The van der Waals surface area contributed by atoms with Crippen molar-refractivity contribution in [3.05, 3.63) is 11.3 Å². The molecule has 6 nitrogen and oxygen atoms in total. The van der Waals surface area contributed by atoms with Gasteiger partial charge in [-0.05, 0) is 32.9 Å². The summed E-state index contributed by atoms with van der Waals surface area (Å²) < 4.78 is 6.89. The minimum Gasteiger partial charge on any atom is -0.481 e. The Balaban J connectivity index is 2.44. The van der Waals surface area contributed by atoms with Gasteiger partial charge < -0.3 is 9.84 Å². The summed E-state index contributed by atoms with van der Waals surface area (Å²) in [7, 11) is 3.31. The Bertz CT molecular complexity index is 450. The molecule has 0 aliphatic carbocycles. The highest BCUT2D eigenvalue weighted by Crippen LogP contribution is 2.33. The first-order valence-corrected chi connectivity index (χ1v) is 6.10. The molecule has 1 unspecified atom stereocenters. The zero-order chi connectivity index (χ0) is 13.3. The van der Waals surface area contributed by atoms with E-state index >= 15 is 0 Å². The van der Waals surface area contributed by atoms with E-state index in [9.17, 15) is 9.90 Å². The highest BCUT2D eigenvalue weighted by molar-refractivity contribution is 5.77. The number of likely N-dealkylation sites (tertiary alicyclic amines) is 1. The largest absolute Gasteiger partial charge is 0.481 e. The molecular weight excluding hydrogens is 234 g/mol. The Morgan fingerprint density at radius 3 is 2.56 bits per heavy atom. The summed E-state index contributed by atoms with van der Waals surface area (Å²) in [5.74, 6) is -0.307. The van der Waals surface area contributed by atoms with E-state index in [0.29, 0.717) is 17.1 Å². The van der Waals surface area contributed by atoms with Crippen LogP contribution in [-0.2, 0) is 11.8 Å². The van der Waals surface area contributed by atoms with Gasteiger partial charge >= 0.3 is 5.97 Å². The van der Waals surface area contributed by atoms with Crippen molar-refractivity contribution >= 4 is 5.97 Å². The molecule has 0 aromatic carbocycles. The van der Waals surface area contributed by atoms with E-state index in [4.69, 9.17) is 4.74 Å². The van der Waals surface area contributed by atoms with Gasteiger partial charge in [0, 0.05) is 7.05 Å². The van der Waals surface area contributed by atoms with Crippen LogP contribution in [0.25, 0.3) is 0 Å². The quantitative estimate of drug-likeness (QED) is 0.865. The number of ether oxygens (including phenoxy) is 1. The number of hydrogen-bond donors (Lipinski definition) is 1. The Morgan fingerprint density at radius 1 is 1.44 bits per heavy atom. The first-order chi connectivity index (χ1) is 8.56. The van der Waals surface area contributed by atoms with Gasteiger partial charge in [0.05, 0.1) is 18.4 Å². The summed E-state index contributed by atoms with van der Waals surface area (Å²) in [6.45, 7) is 3.45. The summed E-state index contributed by atoms with van der Waals surface area (Å²) in [6, 6.07) is -0.656. The Morgan fingerprint density at radius 2 is 2.06 bits per heavy atom. The zero-order valence-electron chi connectivity index (χ0n) is 11.0. The molecule has 6 heteroatoms. The van der Waals surface area contributed by atoms with Gasteiger partial charge in [0.15, 0.2) is 0 Å². The van der Waals surface area contributed by atoms with Crippen molar-refractivity contribution in [3.63, 3.8) is 0 Å². The Labute approximate surface area is 106 Å². The number of hydrogen-bond acceptors (Lipinski definition) is 4. The number of nitrogens with zero attached hydrogens (tertiary/aromatic N) is 3. The molecule has 2 rings (SSSR count). The lowest BCUT2D eigenvalue weighted by Crippen LogP contribution is -2.32. The lowest BCUT2D eigenvalue weighted by atomic mass is 10.1. The number of carbonyl (C=O) groups is 1. The van der Waals surface area contributed by atoms with Crippen LogP contribution in [0.15, 0.2) is 0 Å². The normalized spacial score (nSPS) is 17.9. The zero-order valence-corrected chi connectivity index (χ0v) is 11.0. The first kappa shape index (κ1) is 12.9. The average molecular weight is 253 g/mol. The number of carboxylic acid groups (broad SMARTS) is 1. The molecule has 0 spiro atoms. The van der Waals surface area contributed by atoms with E-state index in [1.54, 1.807) is 18.8 Å². The van der Waals surface area contributed by atoms with Crippen LogP contribution in [-0.4, -0.2) is 46.0 Å². The maximum Gasteiger partial charge on any atom is 0.325 e. The summed E-state index contributed by atoms with van der Waals surface area (Å²) in [4.78, 5) is 13.6. The van der Waals surface area contributed by atoms with Gasteiger partial charge in [-0.15, -0.1) is 0 Å². The molecule has 2 heterocycles. The molecule has 1 N–H and O–H groups in total. The molecule has 1 fully saturated rings. The lowest BCUT2D eigenvalue weighted by Gasteiger charge is -2.24. The fourth-order valence-corrected chi connectivity index (χ4v) is 2.67. The summed E-state index contributed by atoms with van der Waals surface area (Å²) in [6.07, 6.45) is 2.09. The number of rotatable bonds is 4. The SMILES string of the molecule is COc1c(C(C(=O)O)N2CCCC2)c(C)nn1C. The van der Waals surface area contributed by atoms with Crippen LogP contribution in [0.1, 0.15) is 30.1 Å². The highest BCUT2D eigenvalue weighted by atomic mass is 16.5. The van der Waals surface area contributed by atoms with Gasteiger partial charge in [0.25, 0.3) is 0 Å². The second-order valence-corrected chi connectivity index (χ2v) is 4.62. The predicted octanol–water partition coefficient (Wildman–Crippen LogP) is 0.959. The van der Waals surface area contributed by atoms with E-state index in [-0.39, 0.29) is 0 Å². The highest BCUT2D eigenvalue weighted by Gasteiger charge is 2.35. The van der Waals surface area contributed by atoms with Crippen LogP contribution in [0.5, 0.6) is 5.88 Å². The third-order valence-corrected chi connectivity index (χ3v) is 3.42. The van der Waals surface area contributed by atoms with Crippen LogP contribution in [0, 0.1) is 6.92 Å². The van der Waals surface area contributed by atoms with Gasteiger partial charge in [0.1, 0.15) is 6.04 Å². The molecule has 18 heavy (non-hydrogen) atoms. The van der Waals surface area contributed by atoms with Crippen LogP contribution >= 0.6 is 0 Å². The minimum absolute atomic E-state index is 0.534. The molecule has 100 valence electrons. The summed E-state index contributed by atoms with van der Waals surface area (Å²) in [5.41, 5.74) is 1.39. The fraction of sp³-hybridized carbons (Fsp3) is 0.667. The van der Waals surface area contributed by atoms with E-state index in [1.165, 1.54) is 0 Å². The van der Waals surface area contributed by atoms with Crippen molar-refractivity contribution < 1.29 is 14.6 Å². The standard InChI is InChI=1S/C12H19N3O3/c1-8-9(11(18-3)14(2)13-8)10(12(16)17)15-6-4-5-7-15/h10H,4-7H2,1-3H3,(H,16,17). The van der Waals surface area contributed by atoms with E-state index < -0.39 is 12.0 Å². The van der Waals surface area contributed by atoms with Crippen molar-refractivity contribution in [2.45, 2.75) is 25.8 Å². The number of aryl methyl sites for hydroxylation is 2. The van der Waals surface area contributed by atoms with Gasteiger partial charge in [-0.3, -0.25) is 9.69 Å². The average Bonchev–Trinajstić information content (AvgIpc) is 2.89. The topological polar surface area (TPSA) is 67.6 Å². The fourth-order valence-electron chi connectivity index (χ4n) is 2.67. The third-order valence-electron chi connectivity index (χ3n) is 3.42. The van der Waals surface area contributed by atoms with Crippen LogP contribution in [0.4, 0.5) is 0 Å². The first-order valence-electron chi connectivity index (χ1n) is 6.10. The Kier molecular flexibility index (Phi) is 3.56. The molecule has 1 saturated heterocycles. The van der Waals surface area contributed by atoms with E-state index in [2.05, 4.69) is 5.10 Å². The van der Waals surface area contributed by atoms with Crippen molar-refractivity contribution in [2.24, 2.45) is 7.05 Å². The predicted molar refractivity (Wildman–Crippen MR) is 65.7 cm³/mol. The second kappa shape index (κ2) is 4.97. The van der Waals surface area contributed by atoms with Crippen molar-refractivity contribution in [3.8, 4) is 5.88 Å².